The van der Waals surface area contributed by atoms with E-state index in [0.717, 1.165) is 12.1 Å². The van der Waals surface area contributed by atoms with Gasteiger partial charge < -0.3 is 9.80 Å². The second-order valence-electron chi connectivity index (χ2n) is 7.66. The van der Waals surface area contributed by atoms with Gasteiger partial charge in [0.1, 0.15) is 0 Å². The summed E-state index contributed by atoms with van der Waals surface area (Å²) in [6.07, 6.45) is 2.91. The van der Waals surface area contributed by atoms with Crippen LogP contribution in [0.15, 0.2) is 6.20 Å². The lowest BCUT2D eigenvalue weighted by Gasteiger charge is -2.26. The predicted molar refractivity (Wildman–Crippen MR) is 96.2 cm³/mol. The maximum atomic E-state index is 12.7. The molecular formula is C17H26N4O3S. The quantitative estimate of drug-likeness (QED) is 0.796. The smallest absolute Gasteiger partial charge is 0.225 e. The van der Waals surface area contributed by atoms with Crippen molar-refractivity contribution in [3.63, 3.8) is 0 Å². The zero-order chi connectivity index (χ0) is 18.4. The van der Waals surface area contributed by atoms with Gasteiger partial charge in [-0.25, -0.2) is 18.4 Å². The SMILES string of the molecule is CC(C)CCC(=O)N1C[C@H]2c3nc(N(C)C)ncc3CS(=O)(=O)[C@H]2C1. The maximum Gasteiger partial charge on any atom is 0.225 e. The van der Waals surface area contributed by atoms with Crippen molar-refractivity contribution in [2.45, 2.75) is 43.6 Å². The molecule has 3 rings (SSSR count). The molecule has 7 nitrogen and oxygen atoms in total. The van der Waals surface area contributed by atoms with Crippen LogP contribution in [0.4, 0.5) is 5.95 Å². The van der Waals surface area contributed by atoms with E-state index in [1.807, 2.05) is 14.1 Å². The summed E-state index contributed by atoms with van der Waals surface area (Å²) in [4.78, 5) is 24.8. The number of hydrogen-bond acceptors (Lipinski definition) is 6. The fourth-order valence-corrected chi connectivity index (χ4v) is 5.55. The lowest BCUT2D eigenvalue weighted by atomic mass is 10.00. The van der Waals surface area contributed by atoms with E-state index in [-0.39, 0.29) is 24.1 Å². The molecule has 0 radical (unpaired) electrons. The van der Waals surface area contributed by atoms with Crippen LogP contribution in [0.1, 0.15) is 43.9 Å². The summed E-state index contributed by atoms with van der Waals surface area (Å²) in [7, 11) is 0.421. The van der Waals surface area contributed by atoms with Crippen LogP contribution < -0.4 is 4.90 Å². The van der Waals surface area contributed by atoms with Crippen LogP contribution in [0.5, 0.6) is 0 Å². The first kappa shape index (κ1) is 18.1. The third-order valence-electron chi connectivity index (χ3n) is 5.01. The highest BCUT2D eigenvalue weighted by Crippen LogP contribution is 2.39. The summed E-state index contributed by atoms with van der Waals surface area (Å²) in [6, 6.07) is 0. The van der Waals surface area contributed by atoms with Crippen LogP contribution in [-0.4, -0.2) is 61.6 Å². The van der Waals surface area contributed by atoms with E-state index in [4.69, 9.17) is 0 Å². The number of sulfone groups is 1. The molecule has 1 aromatic heterocycles. The van der Waals surface area contributed by atoms with Gasteiger partial charge in [0.2, 0.25) is 11.9 Å². The van der Waals surface area contributed by atoms with Crippen LogP contribution in [0.3, 0.4) is 0 Å². The van der Waals surface area contributed by atoms with Gasteiger partial charge in [0.05, 0.1) is 16.7 Å². The van der Waals surface area contributed by atoms with E-state index < -0.39 is 15.1 Å². The highest BCUT2D eigenvalue weighted by Gasteiger charge is 2.48. The number of nitrogens with zero attached hydrogens (tertiary/aromatic N) is 4. The molecule has 25 heavy (non-hydrogen) atoms. The van der Waals surface area contributed by atoms with Crippen LogP contribution in [-0.2, 0) is 20.4 Å². The molecule has 2 aliphatic heterocycles. The number of aromatic nitrogens is 2. The molecule has 1 aromatic rings. The Morgan fingerprint density at radius 2 is 2.08 bits per heavy atom. The van der Waals surface area contributed by atoms with E-state index in [1.54, 1.807) is 16.0 Å². The lowest BCUT2D eigenvalue weighted by Crippen LogP contribution is -2.36. The Bertz CT molecular complexity index is 776. The average Bonchev–Trinajstić information content (AvgIpc) is 2.98. The van der Waals surface area contributed by atoms with Gasteiger partial charge in [-0.2, -0.15) is 0 Å². The molecule has 2 aliphatic rings. The Morgan fingerprint density at radius 3 is 2.72 bits per heavy atom. The molecule has 1 fully saturated rings. The normalized spacial score (nSPS) is 24.1. The molecule has 0 aromatic carbocycles. The molecular weight excluding hydrogens is 340 g/mol. The number of fused-ring (bicyclic) bond motifs is 3. The van der Waals surface area contributed by atoms with Crippen molar-refractivity contribution in [1.82, 2.24) is 14.9 Å². The first-order chi connectivity index (χ1) is 11.7. The number of anilines is 1. The van der Waals surface area contributed by atoms with Gasteiger partial charge in [-0.05, 0) is 12.3 Å². The van der Waals surface area contributed by atoms with Gasteiger partial charge >= 0.3 is 0 Å². The topological polar surface area (TPSA) is 83.5 Å². The fourth-order valence-electron chi connectivity index (χ4n) is 3.56. The molecule has 1 saturated heterocycles. The molecule has 1 amide bonds. The minimum atomic E-state index is -3.29. The van der Waals surface area contributed by atoms with Crippen molar-refractivity contribution in [3.8, 4) is 0 Å². The van der Waals surface area contributed by atoms with Gasteiger partial charge in [0.15, 0.2) is 9.84 Å². The number of carbonyl (C=O) groups is 1. The number of amides is 1. The number of likely N-dealkylation sites (tertiary alicyclic amines) is 1. The maximum absolute atomic E-state index is 12.7. The molecule has 0 unspecified atom stereocenters. The molecule has 138 valence electrons. The largest absolute Gasteiger partial charge is 0.347 e. The van der Waals surface area contributed by atoms with E-state index in [0.29, 0.717) is 30.4 Å². The summed E-state index contributed by atoms with van der Waals surface area (Å²) in [5, 5.41) is -0.548. The Balaban J connectivity index is 1.89. The molecule has 0 aliphatic carbocycles. The van der Waals surface area contributed by atoms with Crippen molar-refractivity contribution in [3.05, 3.63) is 17.5 Å². The van der Waals surface area contributed by atoms with Gasteiger partial charge in [-0.1, -0.05) is 13.8 Å². The summed E-state index contributed by atoms with van der Waals surface area (Å²) >= 11 is 0. The highest BCUT2D eigenvalue weighted by atomic mass is 32.2. The van der Waals surface area contributed by atoms with Gasteiger partial charge in [-0.15, -0.1) is 0 Å². The fraction of sp³-hybridized carbons (Fsp3) is 0.706. The molecule has 8 heteroatoms. The number of hydrogen-bond donors (Lipinski definition) is 0. The van der Waals surface area contributed by atoms with Crippen molar-refractivity contribution in [2.24, 2.45) is 5.92 Å². The second kappa shape index (κ2) is 6.55. The summed E-state index contributed by atoms with van der Waals surface area (Å²) < 4.78 is 25.4. The first-order valence-electron chi connectivity index (χ1n) is 8.71. The molecule has 0 spiro atoms. The van der Waals surface area contributed by atoms with Gasteiger partial charge in [0, 0.05) is 51.3 Å². The average molecular weight is 366 g/mol. The van der Waals surface area contributed by atoms with E-state index in [9.17, 15) is 13.2 Å². The second-order valence-corrected chi connectivity index (χ2v) is 9.88. The van der Waals surface area contributed by atoms with Crippen molar-refractivity contribution >= 4 is 21.7 Å². The minimum absolute atomic E-state index is 0.0365. The summed E-state index contributed by atoms with van der Waals surface area (Å²) in [5.41, 5.74) is 1.46. The number of rotatable bonds is 4. The van der Waals surface area contributed by atoms with Crippen molar-refractivity contribution in [1.29, 1.82) is 0 Å². The highest BCUT2D eigenvalue weighted by molar-refractivity contribution is 7.91. The summed E-state index contributed by atoms with van der Waals surface area (Å²) in [5.74, 6) is 0.779. The zero-order valence-corrected chi connectivity index (χ0v) is 16.1. The van der Waals surface area contributed by atoms with Crippen LogP contribution in [0.25, 0.3) is 0 Å². The third-order valence-corrected chi connectivity index (χ3v) is 7.12. The third kappa shape index (κ3) is 3.49. The first-order valence-corrected chi connectivity index (χ1v) is 10.4. The minimum Gasteiger partial charge on any atom is -0.347 e. The molecule has 3 heterocycles. The Morgan fingerprint density at radius 1 is 1.36 bits per heavy atom. The molecule has 0 saturated carbocycles. The standard InChI is InChI=1S/C17H26N4O3S/c1-11(2)5-6-15(22)21-8-13-14(9-21)25(23,24)10-12-7-18-17(20(3)4)19-16(12)13/h7,11,13-14H,5-6,8-10H2,1-4H3/t13-,14+/m1/s1. The zero-order valence-electron chi connectivity index (χ0n) is 15.3. The monoisotopic (exact) mass is 366 g/mol. The van der Waals surface area contributed by atoms with Crippen LogP contribution in [0, 0.1) is 5.92 Å². The molecule has 0 bridgehead atoms. The summed E-state index contributed by atoms with van der Waals surface area (Å²) in [6.45, 7) is 4.87. The number of carbonyl (C=O) groups excluding carboxylic acids is 1. The van der Waals surface area contributed by atoms with E-state index in [1.165, 1.54) is 0 Å². The van der Waals surface area contributed by atoms with E-state index in [2.05, 4.69) is 23.8 Å². The Kier molecular flexibility index (Phi) is 4.74. The predicted octanol–water partition coefficient (Wildman–Crippen LogP) is 1.20. The van der Waals surface area contributed by atoms with Gasteiger partial charge in [-0.3, -0.25) is 4.79 Å². The molecule has 2 atom stereocenters. The van der Waals surface area contributed by atoms with Crippen LogP contribution >= 0.6 is 0 Å². The van der Waals surface area contributed by atoms with E-state index >= 15 is 0 Å². The molecule has 0 N–H and O–H groups in total. The van der Waals surface area contributed by atoms with Crippen LogP contribution in [0.2, 0.25) is 0 Å². The Hall–Kier alpha value is -1.70. The van der Waals surface area contributed by atoms with Crippen molar-refractivity contribution in [2.75, 3.05) is 32.1 Å². The van der Waals surface area contributed by atoms with Crippen molar-refractivity contribution < 1.29 is 13.2 Å². The lowest BCUT2D eigenvalue weighted by molar-refractivity contribution is -0.130. The Labute approximate surface area is 149 Å². The van der Waals surface area contributed by atoms with Gasteiger partial charge in [0.25, 0.3) is 0 Å².